The van der Waals surface area contributed by atoms with Gasteiger partial charge in [-0.25, -0.2) is 0 Å². The highest BCUT2D eigenvalue weighted by molar-refractivity contribution is 5.99. The van der Waals surface area contributed by atoms with E-state index in [0.29, 0.717) is 25.3 Å². The molecule has 1 amide bonds. The van der Waals surface area contributed by atoms with Crippen LogP contribution in [0, 0.1) is 0 Å². The van der Waals surface area contributed by atoms with Crippen LogP contribution in [0.4, 0.5) is 5.69 Å². The maximum Gasteiger partial charge on any atom is 0.256 e. The number of amides is 1. The molecule has 0 aliphatic heterocycles. The molecule has 0 heterocycles. The molecular formula is C25H28N2O3. The van der Waals surface area contributed by atoms with Crippen molar-refractivity contribution >= 4 is 11.6 Å². The smallest absolute Gasteiger partial charge is 0.256 e. The van der Waals surface area contributed by atoms with Gasteiger partial charge in [0.2, 0.25) is 0 Å². The Balaban J connectivity index is 1.80. The van der Waals surface area contributed by atoms with E-state index < -0.39 is 6.29 Å². The third kappa shape index (κ3) is 6.17. The number of aliphatic hydroxyl groups excluding tert-OH is 1. The molecule has 3 aromatic carbocycles. The van der Waals surface area contributed by atoms with Gasteiger partial charge in [-0.15, -0.1) is 0 Å². The summed E-state index contributed by atoms with van der Waals surface area (Å²) in [5.74, 6) is -0.159. The Morgan fingerprint density at radius 1 is 0.933 bits per heavy atom. The van der Waals surface area contributed by atoms with Gasteiger partial charge in [0.15, 0.2) is 6.29 Å². The molecule has 0 fully saturated rings. The minimum atomic E-state index is -1.04. The number of hydrogen-bond donors (Lipinski definition) is 2. The van der Waals surface area contributed by atoms with Gasteiger partial charge in [-0.2, -0.15) is 0 Å². The van der Waals surface area contributed by atoms with Crippen LogP contribution in [0.25, 0.3) is 0 Å². The van der Waals surface area contributed by atoms with E-state index >= 15 is 0 Å². The molecule has 1 atom stereocenters. The Hall–Kier alpha value is -3.15. The zero-order valence-electron chi connectivity index (χ0n) is 17.2. The molecule has 1 unspecified atom stereocenters. The molecule has 0 aliphatic rings. The standard InChI is InChI=1S/C25H28N2O3/c1-2-30-24(28)19-27(18-21-13-7-4-8-14-21)25(29)22-15-9-10-16-23(22)26-17-20-11-5-3-6-12-20/h3-16,24,26,28H,2,17-19H2,1H3. The van der Waals surface area contributed by atoms with Crippen LogP contribution in [0.15, 0.2) is 84.9 Å². The third-order valence-electron chi connectivity index (χ3n) is 4.72. The molecule has 0 aromatic heterocycles. The number of anilines is 1. The molecule has 5 heteroatoms. The second kappa shape index (κ2) is 11.1. The highest BCUT2D eigenvalue weighted by Crippen LogP contribution is 2.20. The number of carbonyl (C=O) groups excluding carboxylic acids is 1. The number of rotatable bonds is 10. The Morgan fingerprint density at radius 2 is 1.53 bits per heavy atom. The normalized spacial score (nSPS) is 11.7. The van der Waals surface area contributed by atoms with Crippen LogP contribution in [0.1, 0.15) is 28.4 Å². The van der Waals surface area contributed by atoms with Crippen molar-refractivity contribution in [2.75, 3.05) is 18.5 Å². The summed E-state index contributed by atoms with van der Waals surface area (Å²) in [7, 11) is 0. The van der Waals surface area contributed by atoms with Crippen molar-refractivity contribution in [3.8, 4) is 0 Å². The number of hydrogen-bond acceptors (Lipinski definition) is 4. The lowest BCUT2D eigenvalue weighted by molar-refractivity contribution is -0.106. The van der Waals surface area contributed by atoms with Crippen molar-refractivity contribution < 1.29 is 14.6 Å². The van der Waals surface area contributed by atoms with Crippen LogP contribution >= 0.6 is 0 Å². The fourth-order valence-electron chi connectivity index (χ4n) is 3.24. The fourth-order valence-corrected chi connectivity index (χ4v) is 3.24. The van der Waals surface area contributed by atoms with Gasteiger partial charge in [0, 0.05) is 25.4 Å². The monoisotopic (exact) mass is 404 g/mol. The third-order valence-corrected chi connectivity index (χ3v) is 4.72. The van der Waals surface area contributed by atoms with E-state index in [4.69, 9.17) is 4.74 Å². The van der Waals surface area contributed by atoms with Crippen molar-refractivity contribution in [1.82, 2.24) is 4.90 Å². The number of nitrogens with one attached hydrogen (secondary N) is 1. The van der Waals surface area contributed by atoms with Crippen LogP contribution < -0.4 is 5.32 Å². The van der Waals surface area contributed by atoms with E-state index in [1.165, 1.54) is 0 Å². The van der Waals surface area contributed by atoms with Gasteiger partial charge in [0.05, 0.1) is 12.1 Å². The summed E-state index contributed by atoms with van der Waals surface area (Å²) in [5, 5.41) is 13.5. The molecule has 0 spiro atoms. The summed E-state index contributed by atoms with van der Waals surface area (Å²) < 4.78 is 5.28. The molecule has 0 aliphatic carbocycles. The van der Waals surface area contributed by atoms with Gasteiger partial charge in [-0.3, -0.25) is 4.79 Å². The Labute approximate surface area is 177 Å². The fraction of sp³-hybridized carbons (Fsp3) is 0.240. The predicted molar refractivity (Wildman–Crippen MR) is 119 cm³/mol. The predicted octanol–water partition coefficient (Wildman–Crippen LogP) is 4.30. The lowest BCUT2D eigenvalue weighted by Crippen LogP contribution is -2.38. The maximum absolute atomic E-state index is 13.4. The number of carbonyl (C=O) groups is 1. The number of para-hydroxylation sites is 1. The number of aliphatic hydroxyl groups is 1. The quantitative estimate of drug-likeness (QED) is 0.495. The van der Waals surface area contributed by atoms with Crippen LogP contribution in [0.2, 0.25) is 0 Å². The number of benzene rings is 3. The van der Waals surface area contributed by atoms with Crippen molar-refractivity contribution in [3.05, 3.63) is 102 Å². The summed E-state index contributed by atoms with van der Waals surface area (Å²) in [4.78, 5) is 15.1. The average molecular weight is 405 g/mol. The first-order chi connectivity index (χ1) is 14.7. The molecule has 0 radical (unpaired) electrons. The molecular weight excluding hydrogens is 376 g/mol. The van der Waals surface area contributed by atoms with Gasteiger partial charge in [-0.1, -0.05) is 72.8 Å². The van der Waals surface area contributed by atoms with Crippen LogP contribution in [-0.4, -0.2) is 35.4 Å². The number of ether oxygens (including phenoxy) is 1. The van der Waals surface area contributed by atoms with Gasteiger partial charge in [-0.05, 0) is 30.2 Å². The zero-order chi connectivity index (χ0) is 21.2. The zero-order valence-corrected chi connectivity index (χ0v) is 17.2. The van der Waals surface area contributed by atoms with Gasteiger partial charge >= 0.3 is 0 Å². The summed E-state index contributed by atoms with van der Waals surface area (Å²) in [5.41, 5.74) is 3.44. The summed E-state index contributed by atoms with van der Waals surface area (Å²) in [6.07, 6.45) is -1.04. The highest BCUT2D eigenvalue weighted by Gasteiger charge is 2.22. The molecule has 3 rings (SSSR count). The van der Waals surface area contributed by atoms with E-state index in [2.05, 4.69) is 5.32 Å². The Bertz CT molecular complexity index is 916. The van der Waals surface area contributed by atoms with Crippen molar-refractivity contribution in [2.45, 2.75) is 26.3 Å². The van der Waals surface area contributed by atoms with Gasteiger partial charge < -0.3 is 20.1 Å². The SMILES string of the molecule is CCOC(O)CN(Cc1ccccc1)C(=O)c1ccccc1NCc1ccccc1. The van der Waals surface area contributed by atoms with E-state index in [1.54, 1.807) is 11.0 Å². The lowest BCUT2D eigenvalue weighted by atomic mass is 10.1. The first-order valence-electron chi connectivity index (χ1n) is 10.2. The molecule has 5 nitrogen and oxygen atoms in total. The van der Waals surface area contributed by atoms with Crippen molar-refractivity contribution in [1.29, 1.82) is 0 Å². The molecule has 2 N–H and O–H groups in total. The molecule has 0 saturated heterocycles. The largest absolute Gasteiger partial charge is 0.380 e. The molecule has 30 heavy (non-hydrogen) atoms. The van der Waals surface area contributed by atoms with Crippen molar-refractivity contribution in [3.63, 3.8) is 0 Å². The van der Waals surface area contributed by atoms with E-state index in [9.17, 15) is 9.90 Å². The molecule has 3 aromatic rings. The molecule has 0 saturated carbocycles. The summed E-state index contributed by atoms with van der Waals surface area (Å²) >= 11 is 0. The topological polar surface area (TPSA) is 61.8 Å². The second-order valence-corrected chi connectivity index (χ2v) is 6.97. The van der Waals surface area contributed by atoms with Crippen LogP contribution in [0.3, 0.4) is 0 Å². The highest BCUT2D eigenvalue weighted by atomic mass is 16.6. The van der Waals surface area contributed by atoms with Gasteiger partial charge in [0.25, 0.3) is 5.91 Å². The van der Waals surface area contributed by atoms with Crippen molar-refractivity contribution in [2.24, 2.45) is 0 Å². The van der Waals surface area contributed by atoms with Gasteiger partial charge in [0.1, 0.15) is 0 Å². The minimum absolute atomic E-state index is 0.0919. The average Bonchev–Trinajstić information content (AvgIpc) is 2.78. The van der Waals surface area contributed by atoms with E-state index in [0.717, 1.165) is 16.8 Å². The minimum Gasteiger partial charge on any atom is -0.380 e. The summed E-state index contributed by atoms with van der Waals surface area (Å²) in [6.45, 7) is 3.29. The lowest BCUT2D eigenvalue weighted by Gasteiger charge is -2.26. The Kier molecular flexibility index (Phi) is 8.01. The molecule has 156 valence electrons. The van der Waals surface area contributed by atoms with Crippen LogP contribution in [0.5, 0.6) is 0 Å². The molecule has 0 bridgehead atoms. The number of nitrogens with zero attached hydrogens (tertiary/aromatic N) is 1. The second-order valence-electron chi connectivity index (χ2n) is 6.97. The van der Waals surface area contributed by atoms with E-state index in [1.807, 2.05) is 85.8 Å². The maximum atomic E-state index is 13.4. The van der Waals surface area contributed by atoms with Crippen LogP contribution in [-0.2, 0) is 17.8 Å². The first kappa shape index (κ1) is 21.6. The first-order valence-corrected chi connectivity index (χ1v) is 10.2. The van der Waals surface area contributed by atoms with E-state index in [-0.39, 0.29) is 12.5 Å². The Morgan fingerprint density at radius 3 is 2.20 bits per heavy atom. The summed E-state index contributed by atoms with van der Waals surface area (Å²) in [6, 6.07) is 27.2.